The van der Waals surface area contributed by atoms with Gasteiger partial charge in [0.05, 0.1) is 6.61 Å². The minimum atomic E-state index is 0.838. The Morgan fingerprint density at radius 2 is 1.25 bits per heavy atom. The van der Waals surface area contributed by atoms with E-state index >= 15 is 0 Å². The van der Waals surface area contributed by atoms with Crippen molar-refractivity contribution in [1.29, 1.82) is 0 Å². The molecule has 0 saturated heterocycles. The topological polar surface area (TPSA) is 19.0 Å². The summed E-state index contributed by atoms with van der Waals surface area (Å²) in [6.07, 6.45) is 0. The van der Waals surface area contributed by atoms with Crippen molar-refractivity contribution in [1.82, 2.24) is 14.7 Å². The molecule has 0 rings (SSSR count). The first-order valence-corrected chi connectivity index (χ1v) is 5.91. The maximum Gasteiger partial charge on any atom is 0.0589 e. The fourth-order valence-electron chi connectivity index (χ4n) is 0.805. The second kappa shape index (κ2) is 12.9. The van der Waals surface area contributed by atoms with Crippen molar-refractivity contribution in [2.45, 2.75) is 6.92 Å². The quantitative estimate of drug-likeness (QED) is 0.644. The van der Waals surface area contributed by atoms with E-state index in [2.05, 4.69) is 56.9 Å². The lowest BCUT2D eigenvalue weighted by Crippen LogP contribution is -2.25. The smallest absolute Gasteiger partial charge is 0.0589 e. The van der Waals surface area contributed by atoms with E-state index < -0.39 is 0 Å². The fourth-order valence-corrected chi connectivity index (χ4v) is 0.805. The number of nitrogens with zero attached hydrogens (tertiary/aromatic N) is 3. The first-order chi connectivity index (χ1) is 7.43. The maximum absolute atomic E-state index is 4.87. The highest BCUT2D eigenvalue weighted by Gasteiger charge is 1.90. The SMILES string of the molecule is CCN(C)CCOC.CN(C)CCN(C)C. The van der Waals surface area contributed by atoms with Crippen molar-refractivity contribution in [2.75, 3.05) is 75.1 Å². The van der Waals surface area contributed by atoms with Crippen molar-refractivity contribution in [2.24, 2.45) is 0 Å². The molecule has 0 atom stereocenters. The van der Waals surface area contributed by atoms with E-state index in [0.29, 0.717) is 0 Å². The number of rotatable bonds is 7. The van der Waals surface area contributed by atoms with Gasteiger partial charge in [-0.15, -0.1) is 0 Å². The van der Waals surface area contributed by atoms with E-state index in [1.165, 1.54) is 0 Å². The van der Waals surface area contributed by atoms with Crippen molar-refractivity contribution < 1.29 is 4.74 Å². The van der Waals surface area contributed by atoms with Crippen LogP contribution in [0.5, 0.6) is 0 Å². The van der Waals surface area contributed by atoms with Crippen LogP contribution in [0.2, 0.25) is 0 Å². The molecule has 0 fully saturated rings. The van der Waals surface area contributed by atoms with E-state index in [0.717, 1.165) is 32.8 Å². The predicted octanol–water partition coefficient (Wildman–Crippen LogP) is 0.694. The molecule has 0 bridgehead atoms. The van der Waals surface area contributed by atoms with Crippen LogP contribution in [0.4, 0.5) is 0 Å². The number of methoxy groups -OCH3 is 1. The first-order valence-electron chi connectivity index (χ1n) is 5.91. The molecule has 0 aromatic rings. The summed E-state index contributed by atoms with van der Waals surface area (Å²) >= 11 is 0. The largest absolute Gasteiger partial charge is 0.383 e. The van der Waals surface area contributed by atoms with Gasteiger partial charge in [-0.1, -0.05) is 6.92 Å². The Kier molecular flexibility index (Phi) is 14.7. The van der Waals surface area contributed by atoms with Crippen LogP contribution in [0, 0.1) is 0 Å². The Balaban J connectivity index is 0. The Hall–Kier alpha value is -0.160. The molecule has 0 saturated carbocycles. The second-order valence-electron chi connectivity index (χ2n) is 4.50. The number of ether oxygens (including phenoxy) is 1. The summed E-state index contributed by atoms with van der Waals surface area (Å²) in [5.74, 6) is 0. The third-order valence-electron chi connectivity index (χ3n) is 2.21. The van der Waals surface area contributed by atoms with Gasteiger partial charge in [-0.25, -0.2) is 0 Å². The molecule has 16 heavy (non-hydrogen) atoms. The van der Waals surface area contributed by atoms with Crippen molar-refractivity contribution >= 4 is 0 Å². The van der Waals surface area contributed by atoms with Crippen LogP contribution >= 0.6 is 0 Å². The second-order valence-corrected chi connectivity index (χ2v) is 4.50. The normalized spacial score (nSPS) is 10.9. The summed E-state index contributed by atoms with van der Waals surface area (Å²) in [6.45, 7) is 7.40. The molecule has 0 aromatic carbocycles. The van der Waals surface area contributed by atoms with Gasteiger partial charge >= 0.3 is 0 Å². The highest BCUT2D eigenvalue weighted by atomic mass is 16.5. The van der Waals surface area contributed by atoms with Crippen molar-refractivity contribution in [3.05, 3.63) is 0 Å². The first kappa shape index (κ1) is 18.2. The Morgan fingerprint density at radius 3 is 1.50 bits per heavy atom. The van der Waals surface area contributed by atoms with E-state index in [-0.39, 0.29) is 0 Å². The van der Waals surface area contributed by atoms with Crippen molar-refractivity contribution in [3.63, 3.8) is 0 Å². The summed E-state index contributed by atoms with van der Waals surface area (Å²) in [6, 6.07) is 0. The van der Waals surface area contributed by atoms with E-state index in [1.54, 1.807) is 7.11 Å². The molecule has 0 aliphatic heterocycles. The summed E-state index contributed by atoms with van der Waals surface area (Å²) in [7, 11) is 12.2. The molecule has 0 aliphatic rings. The molecular formula is C12H31N3O. The molecule has 0 heterocycles. The summed E-state index contributed by atoms with van der Waals surface area (Å²) in [4.78, 5) is 6.57. The molecule has 0 amide bonds. The lowest BCUT2D eigenvalue weighted by molar-refractivity contribution is 0.164. The molecule has 4 heteroatoms. The molecule has 0 aromatic heterocycles. The van der Waals surface area contributed by atoms with E-state index in [4.69, 9.17) is 4.74 Å². The Morgan fingerprint density at radius 1 is 0.812 bits per heavy atom. The van der Waals surface area contributed by atoms with Crippen LogP contribution in [0.15, 0.2) is 0 Å². The molecule has 0 N–H and O–H groups in total. The van der Waals surface area contributed by atoms with Gasteiger partial charge in [0.15, 0.2) is 0 Å². The molecule has 0 spiro atoms. The Bertz CT molecular complexity index is 121. The van der Waals surface area contributed by atoms with Gasteiger partial charge in [-0.2, -0.15) is 0 Å². The van der Waals surface area contributed by atoms with E-state index in [9.17, 15) is 0 Å². The molecular weight excluding hydrogens is 202 g/mol. The summed E-state index contributed by atoms with van der Waals surface area (Å²) < 4.78 is 4.87. The van der Waals surface area contributed by atoms with Crippen LogP contribution in [0.1, 0.15) is 6.92 Å². The molecule has 100 valence electrons. The van der Waals surface area contributed by atoms with Crippen LogP contribution in [-0.2, 0) is 4.74 Å². The van der Waals surface area contributed by atoms with Gasteiger partial charge in [0.1, 0.15) is 0 Å². The molecule has 4 nitrogen and oxygen atoms in total. The lowest BCUT2D eigenvalue weighted by Gasteiger charge is -2.13. The average Bonchev–Trinajstić information content (AvgIpc) is 2.23. The number of hydrogen-bond donors (Lipinski definition) is 0. The zero-order chi connectivity index (χ0) is 13.0. The van der Waals surface area contributed by atoms with Crippen LogP contribution in [0.25, 0.3) is 0 Å². The predicted molar refractivity (Wildman–Crippen MR) is 72.2 cm³/mol. The summed E-state index contributed by atoms with van der Waals surface area (Å²) in [5, 5.41) is 0. The van der Waals surface area contributed by atoms with Crippen LogP contribution < -0.4 is 0 Å². The Labute approximate surface area is 102 Å². The van der Waals surface area contributed by atoms with E-state index in [1.807, 2.05) is 0 Å². The summed E-state index contributed by atoms with van der Waals surface area (Å²) in [5.41, 5.74) is 0. The lowest BCUT2D eigenvalue weighted by atomic mass is 10.5. The highest BCUT2D eigenvalue weighted by molar-refractivity contribution is 4.46. The minimum Gasteiger partial charge on any atom is -0.383 e. The number of likely N-dealkylation sites (N-methyl/N-ethyl adjacent to an activating group) is 3. The zero-order valence-electron chi connectivity index (χ0n) is 12.3. The van der Waals surface area contributed by atoms with Gasteiger partial charge in [0.2, 0.25) is 0 Å². The molecule has 0 unspecified atom stereocenters. The van der Waals surface area contributed by atoms with Crippen LogP contribution in [-0.4, -0.2) is 89.8 Å². The number of hydrogen-bond acceptors (Lipinski definition) is 4. The van der Waals surface area contributed by atoms with Gasteiger partial charge < -0.3 is 19.4 Å². The fraction of sp³-hybridized carbons (Fsp3) is 1.00. The minimum absolute atomic E-state index is 0.838. The highest BCUT2D eigenvalue weighted by Crippen LogP contribution is 1.78. The maximum atomic E-state index is 4.87. The molecule has 0 radical (unpaired) electrons. The monoisotopic (exact) mass is 233 g/mol. The van der Waals surface area contributed by atoms with Crippen molar-refractivity contribution in [3.8, 4) is 0 Å². The molecule has 0 aliphatic carbocycles. The van der Waals surface area contributed by atoms with Gasteiger partial charge in [-0.05, 0) is 41.8 Å². The van der Waals surface area contributed by atoms with Gasteiger partial charge in [0, 0.05) is 26.7 Å². The van der Waals surface area contributed by atoms with Gasteiger partial charge in [-0.3, -0.25) is 0 Å². The van der Waals surface area contributed by atoms with Crippen LogP contribution in [0.3, 0.4) is 0 Å². The average molecular weight is 233 g/mol. The third-order valence-corrected chi connectivity index (χ3v) is 2.21. The third kappa shape index (κ3) is 19.4. The van der Waals surface area contributed by atoms with Gasteiger partial charge in [0.25, 0.3) is 0 Å². The standard InChI is InChI=1S/C6H16N2.C6H15NO/c1-7(2)5-6-8(3)4;1-4-7(2)5-6-8-3/h5-6H2,1-4H3;4-6H2,1-3H3. The zero-order valence-corrected chi connectivity index (χ0v) is 12.3.